The lowest BCUT2D eigenvalue weighted by molar-refractivity contribution is 0.0851. The van der Waals surface area contributed by atoms with E-state index in [-0.39, 0.29) is 12.0 Å². The lowest BCUT2D eigenvalue weighted by atomic mass is 10.2. The zero-order chi connectivity index (χ0) is 20.4. The number of ether oxygens (including phenoxy) is 3. The Labute approximate surface area is 181 Å². The Balaban J connectivity index is 1.65. The third-order valence-electron chi connectivity index (χ3n) is 5.06. The first kappa shape index (κ1) is 20.3. The van der Waals surface area contributed by atoms with Crippen molar-refractivity contribution in [2.24, 2.45) is 0 Å². The zero-order valence-electron chi connectivity index (χ0n) is 16.4. The molecular formula is C21H23BrN2O4S. The van der Waals surface area contributed by atoms with Gasteiger partial charge in [0.05, 0.1) is 34.3 Å². The van der Waals surface area contributed by atoms with Gasteiger partial charge in [0, 0.05) is 25.8 Å². The van der Waals surface area contributed by atoms with Crippen LogP contribution in [0.25, 0.3) is 10.2 Å². The average Bonchev–Trinajstić information content (AvgIpc) is 3.43. The fraction of sp³-hybridized carbons (Fsp3) is 0.381. The van der Waals surface area contributed by atoms with E-state index in [1.54, 1.807) is 25.6 Å². The van der Waals surface area contributed by atoms with E-state index < -0.39 is 0 Å². The molecule has 0 bridgehead atoms. The van der Waals surface area contributed by atoms with Crippen molar-refractivity contribution in [2.75, 3.05) is 27.4 Å². The van der Waals surface area contributed by atoms with E-state index in [0.717, 1.165) is 50.5 Å². The van der Waals surface area contributed by atoms with Crippen LogP contribution in [0, 0.1) is 0 Å². The molecular weight excluding hydrogens is 456 g/mol. The Kier molecular flexibility index (Phi) is 6.12. The zero-order valence-corrected chi connectivity index (χ0v) is 18.8. The van der Waals surface area contributed by atoms with E-state index in [1.807, 2.05) is 34.9 Å². The van der Waals surface area contributed by atoms with Gasteiger partial charge < -0.3 is 24.1 Å². The third kappa shape index (κ3) is 4.44. The molecule has 1 aliphatic heterocycles. The SMILES string of the molecule is COc1cc(Cn2c(C(=O)NCC3CCCO3)cc3sc(Br)cc32)cc(OC)c1. The molecule has 3 heterocycles. The monoisotopic (exact) mass is 478 g/mol. The van der Waals surface area contributed by atoms with Crippen LogP contribution in [0.1, 0.15) is 28.9 Å². The molecule has 0 saturated carbocycles. The van der Waals surface area contributed by atoms with E-state index >= 15 is 0 Å². The summed E-state index contributed by atoms with van der Waals surface area (Å²) < 4.78 is 20.5. The van der Waals surface area contributed by atoms with Crippen molar-refractivity contribution < 1.29 is 19.0 Å². The van der Waals surface area contributed by atoms with Gasteiger partial charge in [-0.25, -0.2) is 0 Å². The third-order valence-corrected chi connectivity index (χ3v) is 6.63. The molecule has 1 atom stereocenters. The number of halogens is 1. The standard InChI is InChI=1S/C21H23BrN2O4S/c1-26-15-6-13(7-16(8-15)27-2)12-24-17-10-20(22)29-19(17)9-18(24)21(25)23-11-14-4-3-5-28-14/h6-10,14H,3-5,11-12H2,1-2H3,(H,23,25). The summed E-state index contributed by atoms with van der Waals surface area (Å²) in [4.78, 5) is 13.0. The van der Waals surface area contributed by atoms with Crippen LogP contribution in [-0.4, -0.2) is 43.9 Å². The molecule has 154 valence electrons. The van der Waals surface area contributed by atoms with Gasteiger partial charge in [0.15, 0.2) is 0 Å². The highest BCUT2D eigenvalue weighted by Crippen LogP contribution is 2.33. The Morgan fingerprint density at radius 2 is 2.00 bits per heavy atom. The number of fused-ring (bicyclic) bond motifs is 1. The second-order valence-electron chi connectivity index (χ2n) is 6.98. The highest BCUT2D eigenvalue weighted by molar-refractivity contribution is 9.11. The maximum absolute atomic E-state index is 13.0. The number of nitrogens with zero attached hydrogens (tertiary/aromatic N) is 1. The quantitative estimate of drug-likeness (QED) is 0.545. The van der Waals surface area contributed by atoms with Gasteiger partial charge in [0.25, 0.3) is 5.91 Å². The molecule has 0 spiro atoms. The van der Waals surface area contributed by atoms with Crippen LogP contribution in [0.3, 0.4) is 0 Å². The topological polar surface area (TPSA) is 61.7 Å². The van der Waals surface area contributed by atoms with Crippen molar-refractivity contribution in [2.45, 2.75) is 25.5 Å². The number of nitrogens with one attached hydrogen (secondary N) is 1. The molecule has 1 aliphatic rings. The van der Waals surface area contributed by atoms with E-state index in [1.165, 1.54) is 0 Å². The number of carbonyl (C=O) groups is 1. The predicted molar refractivity (Wildman–Crippen MR) is 117 cm³/mol. The minimum atomic E-state index is -0.0881. The molecule has 0 aliphatic carbocycles. The molecule has 2 aromatic heterocycles. The molecule has 1 saturated heterocycles. The molecule has 8 heteroatoms. The van der Waals surface area contributed by atoms with Gasteiger partial charge in [-0.2, -0.15) is 0 Å². The maximum atomic E-state index is 13.0. The Morgan fingerprint density at radius 1 is 1.24 bits per heavy atom. The summed E-state index contributed by atoms with van der Waals surface area (Å²) in [5.74, 6) is 1.35. The summed E-state index contributed by atoms with van der Waals surface area (Å²) in [6.07, 6.45) is 2.16. The van der Waals surface area contributed by atoms with Crippen molar-refractivity contribution in [3.63, 3.8) is 0 Å². The van der Waals surface area contributed by atoms with Crippen molar-refractivity contribution in [3.05, 3.63) is 45.4 Å². The first-order chi connectivity index (χ1) is 14.1. The van der Waals surface area contributed by atoms with Crippen LogP contribution >= 0.6 is 27.3 Å². The molecule has 6 nitrogen and oxygen atoms in total. The van der Waals surface area contributed by atoms with Gasteiger partial charge in [0.1, 0.15) is 17.2 Å². The van der Waals surface area contributed by atoms with E-state index in [0.29, 0.717) is 18.8 Å². The molecule has 4 rings (SSSR count). The number of aromatic nitrogens is 1. The van der Waals surface area contributed by atoms with Crippen molar-refractivity contribution >= 4 is 43.4 Å². The normalized spacial score (nSPS) is 16.3. The number of hydrogen-bond donors (Lipinski definition) is 1. The van der Waals surface area contributed by atoms with E-state index in [9.17, 15) is 4.79 Å². The Morgan fingerprint density at radius 3 is 2.66 bits per heavy atom. The van der Waals surface area contributed by atoms with Gasteiger partial charge >= 0.3 is 0 Å². The molecule has 3 aromatic rings. The minimum absolute atomic E-state index is 0.0881. The number of carbonyl (C=O) groups excluding carboxylic acids is 1. The summed E-state index contributed by atoms with van der Waals surface area (Å²) in [5.41, 5.74) is 2.65. The molecule has 1 fully saturated rings. The van der Waals surface area contributed by atoms with Crippen molar-refractivity contribution in [1.29, 1.82) is 0 Å². The largest absolute Gasteiger partial charge is 0.497 e. The average molecular weight is 479 g/mol. The lowest BCUT2D eigenvalue weighted by Crippen LogP contribution is -2.33. The van der Waals surface area contributed by atoms with E-state index in [2.05, 4.69) is 21.2 Å². The minimum Gasteiger partial charge on any atom is -0.497 e. The molecule has 1 unspecified atom stereocenters. The Hall–Kier alpha value is -2.03. The van der Waals surface area contributed by atoms with Crippen LogP contribution in [0.15, 0.2) is 34.1 Å². The summed E-state index contributed by atoms with van der Waals surface area (Å²) in [6.45, 7) is 1.84. The maximum Gasteiger partial charge on any atom is 0.268 e. The number of benzene rings is 1. The molecule has 1 aromatic carbocycles. The smallest absolute Gasteiger partial charge is 0.268 e. The second kappa shape index (κ2) is 8.77. The number of hydrogen-bond acceptors (Lipinski definition) is 5. The molecule has 1 amide bonds. The highest BCUT2D eigenvalue weighted by Gasteiger charge is 2.21. The molecule has 29 heavy (non-hydrogen) atoms. The van der Waals surface area contributed by atoms with Crippen molar-refractivity contribution in [1.82, 2.24) is 9.88 Å². The first-order valence-electron chi connectivity index (χ1n) is 9.47. The van der Waals surface area contributed by atoms with Crippen molar-refractivity contribution in [3.8, 4) is 11.5 Å². The molecule has 1 N–H and O–H groups in total. The van der Waals surface area contributed by atoms with Gasteiger partial charge in [0.2, 0.25) is 0 Å². The summed E-state index contributed by atoms with van der Waals surface area (Å²) in [6, 6.07) is 9.76. The van der Waals surface area contributed by atoms with Gasteiger partial charge in [-0.15, -0.1) is 11.3 Å². The van der Waals surface area contributed by atoms with Crippen LogP contribution in [0.5, 0.6) is 11.5 Å². The van der Waals surface area contributed by atoms with E-state index in [4.69, 9.17) is 14.2 Å². The lowest BCUT2D eigenvalue weighted by Gasteiger charge is -2.14. The van der Waals surface area contributed by atoms with Crippen LogP contribution in [0.2, 0.25) is 0 Å². The van der Waals surface area contributed by atoms with Crippen LogP contribution in [0.4, 0.5) is 0 Å². The summed E-state index contributed by atoms with van der Waals surface area (Å²) in [7, 11) is 3.26. The first-order valence-corrected chi connectivity index (χ1v) is 11.1. The number of amides is 1. The number of methoxy groups -OCH3 is 2. The predicted octanol–water partition coefficient (Wildman–Crippen LogP) is 4.44. The second-order valence-corrected chi connectivity index (χ2v) is 9.44. The summed E-state index contributed by atoms with van der Waals surface area (Å²) >= 11 is 5.17. The van der Waals surface area contributed by atoms with Crippen LogP contribution in [-0.2, 0) is 11.3 Å². The molecule has 0 radical (unpaired) electrons. The summed E-state index contributed by atoms with van der Waals surface area (Å²) in [5, 5.41) is 3.04. The van der Waals surface area contributed by atoms with Crippen LogP contribution < -0.4 is 14.8 Å². The van der Waals surface area contributed by atoms with Gasteiger partial charge in [-0.3, -0.25) is 4.79 Å². The Bertz CT molecular complexity index is 1000. The highest BCUT2D eigenvalue weighted by atomic mass is 79.9. The fourth-order valence-electron chi connectivity index (χ4n) is 3.61. The fourth-order valence-corrected chi connectivity index (χ4v) is 5.18. The number of rotatable bonds is 7. The number of thiophene rings is 1. The van der Waals surface area contributed by atoms with Gasteiger partial charge in [-0.05, 0) is 58.6 Å². The van der Waals surface area contributed by atoms with Gasteiger partial charge in [-0.1, -0.05) is 0 Å².